The first-order chi connectivity index (χ1) is 9.19. The van der Waals surface area contributed by atoms with Crippen molar-refractivity contribution in [3.8, 4) is 0 Å². The molecule has 0 bridgehead atoms. The van der Waals surface area contributed by atoms with E-state index in [0.29, 0.717) is 6.04 Å². The highest BCUT2D eigenvalue weighted by Crippen LogP contribution is 2.28. The first-order valence-corrected chi connectivity index (χ1v) is 8.27. The lowest BCUT2D eigenvalue weighted by Crippen LogP contribution is -2.51. The molecule has 0 aromatic carbocycles. The lowest BCUT2D eigenvalue weighted by molar-refractivity contribution is -0.124. The summed E-state index contributed by atoms with van der Waals surface area (Å²) in [6.45, 7) is 12.7. The standard InChI is InChI=1S/C17H34N2O/c1-12(2)14-8-7-9-15(11-10-14)18-13(3)16(20)19-17(4,5)6/h12-15,18H,7-11H2,1-6H3,(H,19,20). The smallest absolute Gasteiger partial charge is 0.237 e. The van der Waals surface area contributed by atoms with E-state index in [1.54, 1.807) is 0 Å². The summed E-state index contributed by atoms with van der Waals surface area (Å²) >= 11 is 0. The van der Waals surface area contributed by atoms with Crippen LogP contribution < -0.4 is 10.6 Å². The van der Waals surface area contributed by atoms with Gasteiger partial charge in [0.25, 0.3) is 0 Å². The molecule has 20 heavy (non-hydrogen) atoms. The molecule has 0 radical (unpaired) electrons. The van der Waals surface area contributed by atoms with E-state index < -0.39 is 0 Å². The molecule has 1 aliphatic rings. The normalized spacial score (nSPS) is 26.1. The van der Waals surface area contributed by atoms with Crippen LogP contribution in [-0.4, -0.2) is 23.5 Å². The zero-order valence-corrected chi connectivity index (χ0v) is 14.3. The monoisotopic (exact) mass is 282 g/mol. The minimum Gasteiger partial charge on any atom is -0.350 e. The summed E-state index contributed by atoms with van der Waals surface area (Å²) in [5, 5.41) is 6.58. The highest BCUT2D eigenvalue weighted by atomic mass is 16.2. The highest BCUT2D eigenvalue weighted by molar-refractivity contribution is 5.81. The maximum Gasteiger partial charge on any atom is 0.237 e. The van der Waals surface area contributed by atoms with Crippen molar-refractivity contribution in [1.29, 1.82) is 0 Å². The minimum atomic E-state index is -0.154. The molecule has 0 aromatic rings. The second-order valence-corrected chi connectivity index (χ2v) is 7.84. The van der Waals surface area contributed by atoms with Gasteiger partial charge in [0.1, 0.15) is 0 Å². The Hall–Kier alpha value is -0.570. The summed E-state index contributed by atoms with van der Waals surface area (Å²) in [5.74, 6) is 1.76. The van der Waals surface area contributed by atoms with Crippen LogP contribution in [0.5, 0.6) is 0 Å². The number of carbonyl (C=O) groups excluding carboxylic acids is 1. The quantitative estimate of drug-likeness (QED) is 0.775. The van der Waals surface area contributed by atoms with Crippen molar-refractivity contribution in [2.45, 2.75) is 91.3 Å². The third-order valence-electron chi connectivity index (χ3n) is 4.33. The van der Waals surface area contributed by atoms with E-state index in [1.165, 1.54) is 32.1 Å². The molecule has 1 amide bonds. The van der Waals surface area contributed by atoms with Gasteiger partial charge < -0.3 is 10.6 Å². The fourth-order valence-electron chi connectivity index (χ4n) is 3.07. The van der Waals surface area contributed by atoms with Crippen LogP contribution in [-0.2, 0) is 4.79 Å². The van der Waals surface area contributed by atoms with Crippen LogP contribution in [0.2, 0.25) is 0 Å². The van der Waals surface area contributed by atoms with Crippen LogP contribution in [0.1, 0.15) is 73.6 Å². The van der Waals surface area contributed by atoms with Gasteiger partial charge in [0, 0.05) is 11.6 Å². The number of hydrogen-bond donors (Lipinski definition) is 2. The van der Waals surface area contributed by atoms with Gasteiger partial charge in [-0.2, -0.15) is 0 Å². The molecule has 0 aliphatic heterocycles. The van der Waals surface area contributed by atoms with Crippen LogP contribution >= 0.6 is 0 Å². The maximum atomic E-state index is 12.1. The first-order valence-electron chi connectivity index (χ1n) is 8.27. The van der Waals surface area contributed by atoms with Crippen molar-refractivity contribution in [1.82, 2.24) is 10.6 Å². The number of nitrogens with one attached hydrogen (secondary N) is 2. The summed E-state index contributed by atoms with van der Waals surface area (Å²) in [4.78, 5) is 12.1. The predicted molar refractivity (Wildman–Crippen MR) is 85.7 cm³/mol. The van der Waals surface area contributed by atoms with Gasteiger partial charge in [-0.05, 0) is 58.8 Å². The maximum absolute atomic E-state index is 12.1. The van der Waals surface area contributed by atoms with Gasteiger partial charge in [0.2, 0.25) is 5.91 Å². The first kappa shape index (κ1) is 17.5. The van der Waals surface area contributed by atoms with E-state index in [1.807, 2.05) is 27.7 Å². The van der Waals surface area contributed by atoms with Crippen LogP contribution in [0.25, 0.3) is 0 Å². The number of carbonyl (C=O) groups is 1. The fraction of sp³-hybridized carbons (Fsp3) is 0.941. The van der Waals surface area contributed by atoms with Crippen molar-refractivity contribution in [2.75, 3.05) is 0 Å². The molecule has 1 fully saturated rings. The molecule has 3 heteroatoms. The van der Waals surface area contributed by atoms with E-state index in [2.05, 4.69) is 24.5 Å². The van der Waals surface area contributed by atoms with E-state index in [0.717, 1.165) is 11.8 Å². The van der Waals surface area contributed by atoms with Crippen molar-refractivity contribution in [3.05, 3.63) is 0 Å². The summed E-state index contributed by atoms with van der Waals surface area (Å²) in [6.07, 6.45) is 6.34. The number of amides is 1. The summed E-state index contributed by atoms with van der Waals surface area (Å²) < 4.78 is 0. The average Bonchev–Trinajstić information content (AvgIpc) is 2.52. The minimum absolute atomic E-state index is 0.102. The summed E-state index contributed by atoms with van der Waals surface area (Å²) in [5.41, 5.74) is -0.154. The Morgan fingerprint density at radius 3 is 2.25 bits per heavy atom. The third kappa shape index (κ3) is 6.25. The van der Waals surface area contributed by atoms with Gasteiger partial charge in [-0.15, -0.1) is 0 Å². The summed E-state index contributed by atoms with van der Waals surface area (Å²) in [6, 6.07) is 0.397. The Morgan fingerprint density at radius 1 is 1.05 bits per heavy atom. The predicted octanol–water partition coefficient (Wildman–Crippen LogP) is 3.48. The molecule has 1 aliphatic carbocycles. The molecule has 1 rings (SSSR count). The molecule has 0 saturated heterocycles. The Bertz CT molecular complexity index is 307. The van der Waals surface area contributed by atoms with Crippen molar-refractivity contribution in [3.63, 3.8) is 0 Å². The molecule has 2 N–H and O–H groups in total. The third-order valence-corrected chi connectivity index (χ3v) is 4.33. The van der Waals surface area contributed by atoms with E-state index in [9.17, 15) is 4.79 Å². The van der Waals surface area contributed by atoms with Crippen LogP contribution in [0, 0.1) is 11.8 Å². The molecular formula is C17H34N2O. The van der Waals surface area contributed by atoms with Gasteiger partial charge in [-0.3, -0.25) is 4.79 Å². The average molecular weight is 282 g/mol. The van der Waals surface area contributed by atoms with Gasteiger partial charge in [0.15, 0.2) is 0 Å². The topological polar surface area (TPSA) is 41.1 Å². The van der Waals surface area contributed by atoms with Crippen LogP contribution in [0.15, 0.2) is 0 Å². The van der Waals surface area contributed by atoms with Gasteiger partial charge in [-0.1, -0.05) is 26.7 Å². The second kappa shape index (κ2) is 7.44. The van der Waals surface area contributed by atoms with Gasteiger partial charge in [0.05, 0.1) is 6.04 Å². The van der Waals surface area contributed by atoms with Crippen molar-refractivity contribution in [2.24, 2.45) is 11.8 Å². The SMILES string of the molecule is CC(NC1CCCC(C(C)C)CC1)C(=O)NC(C)(C)C. The lowest BCUT2D eigenvalue weighted by Gasteiger charge is -2.26. The fourth-order valence-corrected chi connectivity index (χ4v) is 3.07. The molecule has 3 unspecified atom stereocenters. The Morgan fingerprint density at radius 2 is 1.70 bits per heavy atom. The molecule has 3 nitrogen and oxygen atoms in total. The number of hydrogen-bond acceptors (Lipinski definition) is 2. The Balaban J connectivity index is 2.42. The molecule has 0 heterocycles. The van der Waals surface area contributed by atoms with Crippen molar-refractivity contribution >= 4 is 5.91 Å². The van der Waals surface area contributed by atoms with E-state index in [-0.39, 0.29) is 17.5 Å². The molecule has 0 aromatic heterocycles. The lowest BCUT2D eigenvalue weighted by atomic mass is 9.89. The van der Waals surface area contributed by atoms with E-state index in [4.69, 9.17) is 0 Å². The summed E-state index contributed by atoms with van der Waals surface area (Å²) in [7, 11) is 0. The van der Waals surface area contributed by atoms with E-state index >= 15 is 0 Å². The molecular weight excluding hydrogens is 248 g/mol. The number of rotatable bonds is 4. The highest BCUT2D eigenvalue weighted by Gasteiger charge is 2.25. The van der Waals surface area contributed by atoms with Crippen LogP contribution in [0.3, 0.4) is 0 Å². The Kier molecular flexibility index (Phi) is 6.50. The van der Waals surface area contributed by atoms with Crippen LogP contribution in [0.4, 0.5) is 0 Å². The zero-order valence-electron chi connectivity index (χ0n) is 14.3. The van der Waals surface area contributed by atoms with Gasteiger partial charge in [-0.25, -0.2) is 0 Å². The van der Waals surface area contributed by atoms with Gasteiger partial charge >= 0.3 is 0 Å². The molecule has 118 valence electrons. The molecule has 0 spiro atoms. The Labute approximate surface area is 125 Å². The van der Waals surface area contributed by atoms with Crippen molar-refractivity contribution < 1.29 is 4.79 Å². The zero-order chi connectivity index (χ0) is 15.3. The molecule has 1 saturated carbocycles. The second-order valence-electron chi connectivity index (χ2n) is 7.84. The largest absolute Gasteiger partial charge is 0.350 e. The molecule has 3 atom stereocenters.